The van der Waals surface area contributed by atoms with Gasteiger partial charge in [-0.3, -0.25) is 9.89 Å². The lowest BCUT2D eigenvalue weighted by molar-refractivity contribution is 0.0725. The summed E-state index contributed by atoms with van der Waals surface area (Å²) in [4.78, 5) is 15.1. The monoisotopic (exact) mass is 333 g/mol. The Balaban J connectivity index is 1.51. The zero-order chi connectivity index (χ0) is 16.8. The maximum Gasteiger partial charge on any atom is 0.272 e. The SMILES string of the molecule is O=C(c1cc(C2CC2)nn1-c1ccccc1)N1CCc2[nH]ncc2C1. The highest BCUT2D eigenvalue weighted by molar-refractivity contribution is 5.93. The number of fused-ring (bicyclic) bond motifs is 1. The highest BCUT2D eigenvalue weighted by Crippen LogP contribution is 2.40. The molecule has 0 bridgehead atoms. The van der Waals surface area contributed by atoms with Crippen LogP contribution in [0, 0.1) is 0 Å². The molecule has 0 saturated heterocycles. The summed E-state index contributed by atoms with van der Waals surface area (Å²) in [5.74, 6) is 0.549. The van der Waals surface area contributed by atoms with E-state index in [2.05, 4.69) is 10.2 Å². The lowest BCUT2D eigenvalue weighted by atomic mass is 10.1. The number of amides is 1. The zero-order valence-electron chi connectivity index (χ0n) is 13.9. The molecular formula is C19H19N5O. The number of aromatic nitrogens is 4. The van der Waals surface area contributed by atoms with Crippen molar-refractivity contribution in [1.29, 1.82) is 0 Å². The van der Waals surface area contributed by atoms with Crippen molar-refractivity contribution in [2.24, 2.45) is 0 Å². The van der Waals surface area contributed by atoms with Gasteiger partial charge in [0.25, 0.3) is 5.91 Å². The number of aromatic amines is 1. The number of para-hydroxylation sites is 1. The van der Waals surface area contributed by atoms with Gasteiger partial charge in [0.15, 0.2) is 0 Å². The van der Waals surface area contributed by atoms with E-state index >= 15 is 0 Å². The molecule has 2 aromatic heterocycles. The molecule has 5 rings (SSSR count). The molecule has 1 fully saturated rings. The smallest absolute Gasteiger partial charge is 0.272 e. The molecule has 0 atom stereocenters. The standard InChI is InChI=1S/C19H19N5O/c25-19(23-9-8-16-14(12-23)11-20-21-16)18-10-17(13-6-7-13)22-24(18)15-4-2-1-3-5-15/h1-5,10-11,13H,6-9,12H2,(H,20,21). The third-order valence-corrected chi connectivity index (χ3v) is 5.03. The van der Waals surface area contributed by atoms with Crippen LogP contribution in [0.15, 0.2) is 42.6 Å². The van der Waals surface area contributed by atoms with Crippen LogP contribution in [0.5, 0.6) is 0 Å². The summed E-state index contributed by atoms with van der Waals surface area (Å²) in [7, 11) is 0. The van der Waals surface area contributed by atoms with Crippen LogP contribution < -0.4 is 0 Å². The Morgan fingerprint density at radius 2 is 2.04 bits per heavy atom. The van der Waals surface area contributed by atoms with Crippen LogP contribution in [-0.2, 0) is 13.0 Å². The molecule has 1 saturated carbocycles. The average Bonchev–Trinajstić information content (AvgIpc) is 3.24. The van der Waals surface area contributed by atoms with Crippen molar-refractivity contribution in [3.63, 3.8) is 0 Å². The van der Waals surface area contributed by atoms with Gasteiger partial charge in [-0.1, -0.05) is 18.2 Å². The van der Waals surface area contributed by atoms with Crippen molar-refractivity contribution in [1.82, 2.24) is 24.9 Å². The zero-order valence-corrected chi connectivity index (χ0v) is 13.9. The van der Waals surface area contributed by atoms with Gasteiger partial charge in [-0.15, -0.1) is 0 Å². The Labute approximate surface area is 145 Å². The summed E-state index contributed by atoms with van der Waals surface area (Å²) in [6.45, 7) is 1.30. The number of nitrogens with one attached hydrogen (secondary N) is 1. The Bertz CT molecular complexity index is 922. The molecule has 25 heavy (non-hydrogen) atoms. The first-order valence-electron chi connectivity index (χ1n) is 8.75. The highest BCUT2D eigenvalue weighted by atomic mass is 16.2. The number of nitrogens with zero attached hydrogens (tertiary/aromatic N) is 4. The molecule has 6 nitrogen and oxygen atoms in total. The van der Waals surface area contributed by atoms with Gasteiger partial charge in [0.2, 0.25) is 0 Å². The summed E-state index contributed by atoms with van der Waals surface area (Å²) in [5, 5.41) is 11.8. The van der Waals surface area contributed by atoms with Crippen molar-refractivity contribution >= 4 is 5.91 Å². The van der Waals surface area contributed by atoms with E-state index in [9.17, 15) is 4.79 Å². The van der Waals surface area contributed by atoms with E-state index in [-0.39, 0.29) is 5.91 Å². The minimum absolute atomic E-state index is 0.0371. The first-order valence-corrected chi connectivity index (χ1v) is 8.75. The van der Waals surface area contributed by atoms with Crippen LogP contribution in [0.1, 0.15) is 46.2 Å². The van der Waals surface area contributed by atoms with Crippen LogP contribution in [-0.4, -0.2) is 37.3 Å². The molecule has 126 valence electrons. The molecule has 6 heteroatoms. The number of hydrogen-bond donors (Lipinski definition) is 1. The third-order valence-electron chi connectivity index (χ3n) is 5.03. The topological polar surface area (TPSA) is 66.8 Å². The van der Waals surface area contributed by atoms with Gasteiger partial charge in [0.1, 0.15) is 5.69 Å². The Hall–Kier alpha value is -2.89. The van der Waals surface area contributed by atoms with Crippen LogP contribution in [0.25, 0.3) is 5.69 Å². The summed E-state index contributed by atoms with van der Waals surface area (Å²) in [5.41, 5.74) is 4.86. The second kappa shape index (κ2) is 5.58. The number of carbonyl (C=O) groups excluding carboxylic acids is 1. The van der Waals surface area contributed by atoms with E-state index in [0.29, 0.717) is 24.7 Å². The summed E-state index contributed by atoms with van der Waals surface area (Å²) < 4.78 is 1.81. The first-order chi connectivity index (χ1) is 12.3. The quantitative estimate of drug-likeness (QED) is 0.801. The molecule has 0 spiro atoms. The van der Waals surface area contributed by atoms with Crippen molar-refractivity contribution < 1.29 is 4.79 Å². The molecule has 1 aliphatic carbocycles. The number of rotatable bonds is 3. The fourth-order valence-electron chi connectivity index (χ4n) is 3.45. The van der Waals surface area contributed by atoms with Gasteiger partial charge >= 0.3 is 0 Å². The second-order valence-corrected chi connectivity index (χ2v) is 6.83. The normalized spacial score (nSPS) is 16.7. The van der Waals surface area contributed by atoms with E-state index in [1.54, 1.807) is 4.68 Å². The summed E-state index contributed by atoms with van der Waals surface area (Å²) in [6, 6.07) is 11.9. The minimum Gasteiger partial charge on any atom is -0.332 e. The van der Waals surface area contributed by atoms with E-state index in [1.165, 1.54) is 12.8 Å². The largest absolute Gasteiger partial charge is 0.332 e. The number of benzene rings is 1. The molecule has 2 aliphatic rings. The van der Waals surface area contributed by atoms with Crippen molar-refractivity contribution in [2.75, 3.05) is 6.54 Å². The maximum absolute atomic E-state index is 13.2. The lowest BCUT2D eigenvalue weighted by Gasteiger charge is -2.26. The first kappa shape index (κ1) is 14.5. The molecule has 1 aliphatic heterocycles. The summed E-state index contributed by atoms with van der Waals surface area (Å²) in [6.07, 6.45) is 4.97. The predicted molar refractivity (Wildman–Crippen MR) is 92.6 cm³/mol. The van der Waals surface area contributed by atoms with Crippen molar-refractivity contribution in [2.45, 2.75) is 31.7 Å². The molecule has 1 amide bonds. The number of H-pyrrole nitrogens is 1. The fourth-order valence-corrected chi connectivity index (χ4v) is 3.45. The van der Waals surface area contributed by atoms with E-state index < -0.39 is 0 Å². The Morgan fingerprint density at radius 1 is 1.20 bits per heavy atom. The van der Waals surface area contributed by atoms with Crippen LogP contribution in [0.2, 0.25) is 0 Å². The Morgan fingerprint density at radius 3 is 2.84 bits per heavy atom. The number of carbonyl (C=O) groups is 1. The molecule has 3 heterocycles. The second-order valence-electron chi connectivity index (χ2n) is 6.83. The molecule has 3 aromatic rings. The number of hydrogen-bond acceptors (Lipinski definition) is 3. The van der Waals surface area contributed by atoms with Gasteiger partial charge in [-0.05, 0) is 31.0 Å². The average molecular weight is 333 g/mol. The van der Waals surface area contributed by atoms with Crippen LogP contribution >= 0.6 is 0 Å². The molecule has 1 N–H and O–H groups in total. The molecule has 1 aromatic carbocycles. The fraction of sp³-hybridized carbons (Fsp3) is 0.316. The van der Waals surface area contributed by atoms with Crippen LogP contribution in [0.4, 0.5) is 0 Å². The predicted octanol–water partition coefficient (Wildman–Crippen LogP) is 2.67. The lowest BCUT2D eigenvalue weighted by Crippen LogP contribution is -2.36. The van der Waals surface area contributed by atoms with E-state index in [1.807, 2.05) is 47.5 Å². The highest BCUT2D eigenvalue weighted by Gasteiger charge is 2.31. The van der Waals surface area contributed by atoms with E-state index in [0.717, 1.165) is 29.1 Å². The molecule has 0 radical (unpaired) electrons. The van der Waals surface area contributed by atoms with Crippen molar-refractivity contribution in [3.05, 3.63) is 65.2 Å². The van der Waals surface area contributed by atoms with Gasteiger partial charge in [-0.2, -0.15) is 10.2 Å². The maximum atomic E-state index is 13.2. The molecular weight excluding hydrogens is 314 g/mol. The third kappa shape index (κ3) is 2.54. The minimum atomic E-state index is 0.0371. The Kier molecular flexibility index (Phi) is 3.23. The van der Waals surface area contributed by atoms with Crippen molar-refractivity contribution in [3.8, 4) is 5.69 Å². The van der Waals surface area contributed by atoms with Gasteiger partial charge in [-0.25, -0.2) is 4.68 Å². The van der Waals surface area contributed by atoms with E-state index in [4.69, 9.17) is 5.10 Å². The van der Waals surface area contributed by atoms with Crippen LogP contribution in [0.3, 0.4) is 0 Å². The summed E-state index contributed by atoms with van der Waals surface area (Å²) >= 11 is 0. The van der Waals surface area contributed by atoms with Gasteiger partial charge in [0.05, 0.1) is 17.6 Å². The van der Waals surface area contributed by atoms with Gasteiger partial charge < -0.3 is 4.90 Å². The van der Waals surface area contributed by atoms with Gasteiger partial charge in [0, 0.05) is 36.7 Å². The molecule has 0 unspecified atom stereocenters.